The second-order valence-electron chi connectivity index (χ2n) is 4.84. The number of carbonyl (C=O) groups excluding carboxylic acids is 1. The summed E-state index contributed by atoms with van der Waals surface area (Å²) in [4.78, 5) is 12.1. The van der Waals surface area contributed by atoms with E-state index in [0.29, 0.717) is 11.3 Å². The zero-order valence-electron chi connectivity index (χ0n) is 12.3. The summed E-state index contributed by atoms with van der Waals surface area (Å²) in [6, 6.07) is 13.1. The Kier molecular flexibility index (Phi) is 4.74. The van der Waals surface area contributed by atoms with Crippen molar-refractivity contribution >= 4 is 11.6 Å². The Morgan fingerprint density at radius 2 is 2.05 bits per heavy atom. The summed E-state index contributed by atoms with van der Waals surface area (Å²) in [6.45, 7) is 3.30. The van der Waals surface area contributed by atoms with E-state index in [2.05, 4.69) is 5.32 Å². The number of halogens is 1. The number of nitriles is 1. The highest BCUT2D eigenvalue weighted by Gasteiger charge is 2.17. The lowest BCUT2D eigenvalue weighted by molar-refractivity contribution is -0.122. The van der Waals surface area contributed by atoms with Gasteiger partial charge in [-0.3, -0.25) is 4.79 Å². The summed E-state index contributed by atoms with van der Waals surface area (Å²) in [5, 5.41) is 11.5. The molecule has 1 atom stereocenters. The highest BCUT2D eigenvalue weighted by atomic mass is 19.1. The molecule has 2 aromatic rings. The van der Waals surface area contributed by atoms with Gasteiger partial charge < -0.3 is 10.1 Å². The van der Waals surface area contributed by atoms with Crippen LogP contribution in [0.4, 0.5) is 10.1 Å². The number of ether oxygens (including phenoxy) is 1. The van der Waals surface area contributed by atoms with Crippen molar-refractivity contribution in [2.45, 2.75) is 20.0 Å². The lowest BCUT2D eigenvalue weighted by atomic mass is 10.2. The molecule has 5 heteroatoms. The van der Waals surface area contributed by atoms with Crippen LogP contribution in [0.5, 0.6) is 5.75 Å². The first kappa shape index (κ1) is 15.5. The molecule has 1 amide bonds. The lowest BCUT2D eigenvalue weighted by Gasteiger charge is -2.16. The maximum Gasteiger partial charge on any atom is 0.265 e. The van der Waals surface area contributed by atoms with Gasteiger partial charge in [-0.15, -0.1) is 0 Å². The quantitative estimate of drug-likeness (QED) is 0.940. The van der Waals surface area contributed by atoms with Gasteiger partial charge in [0.25, 0.3) is 5.91 Å². The normalized spacial score (nSPS) is 11.4. The number of nitrogens with one attached hydrogen (secondary N) is 1. The predicted octanol–water partition coefficient (Wildman–Crippen LogP) is 3.41. The third-order valence-electron chi connectivity index (χ3n) is 3.06. The highest BCUT2D eigenvalue weighted by Crippen LogP contribution is 2.19. The average Bonchev–Trinajstić information content (AvgIpc) is 2.50. The summed E-state index contributed by atoms with van der Waals surface area (Å²) in [5.74, 6) is -0.675. The van der Waals surface area contributed by atoms with Crippen molar-refractivity contribution in [3.63, 3.8) is 0 Å². The second-order valence-corrected chi connectivity index (χ2v) is 4.84. The van der Waals surface area contributed by atoms with Gasteiger partial charge in [-0.25, -0.2) is 4.39 Å². The Labute approximate surface area is 128 Å². The van der Waals surface area contributed by atoms with E-state index in [-0.39, 0.29) is 5.69 Å². The van der Waals surface area contributed by atoms with Crippen LogP contribution in [-0.2, 0) is 4.79 Å². The van der Waals surface area contributed by atoms with Crippen LogP contribution in [0.25, 0.3) is 0 Å². The molecule has 0 saturated carbocycles. The number of para-hydroxylation sites is 1. The van der Waals surface area contributed by atoms with E-state index >= 15 is 0 Å². The molecular weight excluding hydrogens is 283 g/mol. The Bertz CT molecular complexity index is 738. The number of hydrogen-bond donors (Lipinski definition) is 1. The van der Waals surface area contributed by atoms with E-state index in [9.17, 15) is 9.18 Å². The molecule has 0 aliphatic heterocycles. The van der Waals surface area contributed by atoms with Crippen molar-refractivity contribution in [2.75, 3.05) is 5.32 Å². The topological polar surface area (TPSA) is 62.1 Å². The molecule has 0 radical (unpaired) electrons. The van der Waals surface area contributed by atoms with Crippen LogP contribution < -0.4 is 10.1 Å². The number of benzene rings is 2. The fourth-order valence-electron chi connectivity index (χ4n) is 1.86. The Morgan fingerprint density at radius 1 is 1.32 bits per heavy atom. The van der Waals surface area contributed by atoms with Gasteiger partial charge >= 0.3 is 0 Å². The molecule has 0 aromatic heterocycles. The predicted molar refractivity (Wildman–Crippen MR) is 81.0 cm³/mol. The van der Waals surface area contributed by atoms with E-state index < -0.39 is 17.8 Å². The van der Waals surface area contributed by atoms with Gasteiger partial charge in [0, 0.05) is 0 Å². The minimum atomic E-state index is -0.866. The minimum absolute atomic E-state index is 0.0969. The van der Waals surface area contributed by atoms with Gasteiger partial charge in [-0.05, 0) is 43.7 Å². The van der Waals surface area contributed by atoms with Gasteiger partial charge in [-0.1, -0.05) is 18.2 Å². The van der Waals surface area contributed by atoms with Crippen LogP contribution in [-0.4, -0.2) is 12.0 Å². The maximum atomic E-state index is 13.7. The van der Waals surface area contributed by atoms with Crippen LogP contribution in [0, 0.1) is 24.1 Å². The molecule has 1 N–H and O–H groups in total. The van der Waals surface area contributed by atoms with Crippen LogP contribution in [0.2, 0.25) is 0 Å². The van der Waals surface area contributed by atoms with Crippen molar-refractivity contribution in [3.8, 4) is 11.8 Å². The van der Waals surface area contributed by atoms with Gasteiger partial charge in [0.2, 0.25) is 0 Å². The fourth-order valence-corrected chi connectivity index (χ4v) is 1.86. The number of nitrogens with zero attached hydrogens (tertiary/aromatic N) is 1. The molecular formula is C17H15FN2O2. The Balaban J connectivity index is 2.08. The summed E-state index contributed by atoms with van der Waals surface area (Å²) in [6.07, 6.45) is -0.866. The Hall–Kier alpha value is -2.87. The molecule has 0 aliphatic rings. The fraction of sp³-hybridized carbons (Fsp3) is 0.176. The lowest BCUT2D eigenvalue weighted by Crippen LogP contribution is -2.30. The third-order valence-corrected chi connectivity index (χ3v) is 3.06. The van der Waals surface area contributed by atoms with E-state index in [1.54, 1.807) is 37.3 Å². The molecule has 0 bridgehead atoms. The van der Waals surface area contributed by atoms with Crippen molar-refractivity contribution in [2.24, 2.45) is 0 Å². The number of anilines is 1. The third kappa shape index (κ3) is 3.61. The van der Waals surface area contributed by atoms with Gasteiger partial charge in [0.15, 0.2) is 6.10 Å². The number of rotatable bonds is 4. The molecule has 1 unspecified atom stereocenters. The SMILES string of the molecule is Cc1ccc(NC(=O)C(C)Oc2ccccc2C#N)c(F)c1. The van der Waals surface area contributed by atoms with E-state index in [0.717, 1.165) is 5.56 Å². The first-order chi connectivity index (χ1) is 10.5. The van der Waals surface area contributed by atoms with Gasteiger partial charge in [0.05, 0.1) is 11.3 Å². The van der Waals surface area contributed by atoms with Crippen molar-refractivity contribution in [1.82, 2.24) is 0 Å². The molecule has 0 fully saturated rings. The molecule has 0 spiro atoms. The summed E-state index contributed by atoms with van der Waals surface area (Å²) < 4.78 is 19.2. The number of carbonyl (C=O) groups is 1. The monoisotopic (exact) mass is 298 g/mol. The molecule has 2 aromatic carbocycles. The van der Waals surface area contributed by atoms with Crippen LogP contribution in [0.3, 0.4) is 0 Å². The van der Waals surface area contributed by atoms with Crippen LogP contribution >= 0.6 is 0 Å². The smallest absolute Gasteiger partial charge is 0.265 e. The molecule has 0 aliphatic carbocycles. The first-order valence-corrected chi connectivity index (χ1v) is 6.74. The van der Waals surface area contributed by atoms with Crippen LogP contribution in [0.1, 0.15) is 18.1 Å². The standard InChI is InChI=1S/C17H15FN2O2/c1-11-7-8-15(14(18)9-11)20-17(21)12(2)22-16-6-4-3-5-13(16)10-19/h3-9,12H,1-2H3,(H,20,21). The van der Waals surface area contributed by atoms with E-state index in [1.807, 2.05) is 6.07 Å². The van der Waals surface area contributed by atoms with E-state index in [4.69, 9.17) is 10.00 Å². The number of hydrogen-bond acceptors (Lipinski definition) is 3. The molecule has 0 saturated heterocycles. The number of aryl methyl sites for hydroxylation is 1. The zero-order valence-corrected chi connectivity index (χ0v) is 12.3. The van der Waals surface area contributed by atoms with Gasteiger partial charge in [0.1, 0.15) is 17.6 Å². The first-order valence-electron chi connectivity index (χ1n) is 6.74. The van der Waals surface area contributed by atoms with Crippen molar-refractivity contribution < 1.29 is 13.9 Å². The number of amides is 1. The Morgan fingerprint density at radius 3 is 2.73 bits per heavy atom. The zero-order chi connectivity index (χ0) is 16.1. The van der Waals surface area contributed by atoms with E-state index in [1.165, 1.54) is 19.1 Å². The molecule has 0 heterocycles. The highest BCUT2D eigenvalue weighted by molar-refractivity contribution is 5.94. The minimum Gasteiger partial charge on any atom is -0.480 e. The van der Waals surface area contributed by atoms with Crippen molar-refractivity contribution in [3.05, 3.63) is 59.4 Å². The largest absolute Gasteiger partial charge is 0.480 e. The molecule has 22 heavy (non-hydrogen) atoms. The van der Waals surface area contributed by atoms with Gasteiger partial charge in [-0.2, -0.15) is 5.26 Å². The van der Waals surface area contributed by atoms with Crippen molar-refractivity contribution in [1.29, 1.82) is 5.26 Å². The summed E-state index contributed by atoms with van der Waals surface area (Å²) in [7, 11) is 0. The summed E-state index contributed by atoms with van der Waals surface area (Å²) >= 11 is 0. The van der Waals surface area contributed by atoms with Crippen LogP contribution in [0.15, 0.2) is 42.5 Å². The second kappa shape index (κ2) is 6.72. The maximum absolute atomic E-state index is 13.7. The molecule has 2 rings (SSSR count). The molecule has 112 valence electrons. The molecule has 4 nitrogen and oxygen atoms in total. The summed E-state index contributed by atoms with van der Waals surface area (Å²) in [5.41, 5.74) is 1.20. The average molecular weight is 298 g/mol.